The van der Waals surface area contributed by atoms with Crippen molar-refractivity contribution < 1.29 is 28.9 Å². The number of aliphatic hydroxyl groups is 2. The molecule has 2 amide bonds. The molecular weight excluding hydrogens is 481 g/mol. The second-order valence-corrected chi connectivity index (χ2v) is 9.72. The number of carbonyl (C=O) groups is 2. The highest BCUT2D eigenvalue weighted by molar-refractivity contribution is 6.35. The number of aliphatic hydroxyl groups excluding tert-OH is 2. The highest BCUT2D eigenvalue weighted by atomic mass is 19.1. The summed E-state index contributed by atoms with van der Waals surface area (Å²) in [4.78, 5) is 32.3. The van der Waals surface area contributed by atoms with Crippen LogP contribution in [0.4, 0.5) is 15.8 Å². The molecule has 1 unspecified atom stereocenters. The number of nitrogens with zero attached hydrogens (tertiary/aromatic N) is 2. The van der Waals surface area contributed by atoms with Gasteiger partial charge in [-0.15, -0.1) is 0 Å². The van der Waals surface area contributed by atoms with Crippen molar-refractivity contribution in [2.45, 2.75) is 32.6 Å². The zero-order valence-corrected chi connectivity index (χ0v) is 20.9. The molecule has 3 aliphatic heterocycles. The quantitative estimate of drug-likeness (QED) is 0.370. The van der Waals surface area contributed by atoms with Crippen LogP contribution in [0, 0.1) is 12.7 Å². The van der Waals surface area contributed by atoms with Gasteiger partial charge in [-0.1, -0.05) is 0 Å². The number of aromatic nitrogens is 1. The summed E-state index contributed by atoms with van der Waals surface area (Å²) < 4.78 is 20.2. The van der Waals surface area contributed by atoms with E-state index < -0.39 is 30.0 Å². The highest BCUT2D eigenvalue weighted by Crippen LogP contribution is 2.38. The summed E-state index contributed by atoms with van der Waals surface area (Å²) in [6.45, 7) is 8.76. The molecule has 2 atom stereocenters. The SMILES string of the molecule is Cc1c(/C=C2\C(=O)Nc3cc(NC(=O)[C@H](C)O)c(F)cc32)[nH]c2c1C(O)N(CCN1CCOCC1)CC2. The lowest BCUT2D eigenvalue weighted by molar-refractivity contribution is -0.123. The van der Waals surface area contributed by atoms with Crippen molar-refractivity contribution in [1.82, 2.24) is 14.8 Å². The number of fused-ring (bicyclic) bond motifs is 2. The van der Waals surface area contributed by atoms with E-state index in [1.807, 2.05) is 6.92 Å². The van der Waals surface area contributed by atoms with Gasteiger partial charge in [0.05, 0.1) is 30.2 Å². The van der Waals surface area contributed by atoms with E-state index in [0.717, 1.165) is 62.6 Å². The van der Waals surface area contributed by atoms with E-state index in [4.69, 9.17) is 4.74 Å². The molecule has 1 fully saturated rings. The molecule has 11 heteroatoms. The first-order chi connectivity index (χ1) is 17.7. The largest absolute Gasteiger partial charge is 0.384 e. The fraction of sp³-hybridized carbons (Fsp3) is 0.462. The van der Waals surface area contributed by atoms with E-state index in [1.165, 1.54) is 19.1 Å². The van der Waals surface area contributed by atoms with E-state index in [1.54, 1.807) is 6.08 Å². The molecule has 0 bridgehead atoms. The lowest BCUT2D eigenvalue weighted by Gasteiger charge is -2.35. The Bertz CT molecular complexity index is 1250. The highest BCUT2D eigenvalue weighted by Gasteiger charge is 2.32. The van der Waals surface area contributed by atoms with Gasteiger partial charge < -0.3 is 30.6 Å². The number of anilines is 2. The molecule has 0 radical (unpaired) electrons. The average Bonchev–Trinajstić information content (AvgIpc) is 3.35. The number of hydrogen-bond donors (Lipinski definition) is 5. The van der Waals surface area contributed by atoms with Gasteiger partial charge in [0, 0.05) is 61.7 Å². The first-order valence-electron chi connectivity index (χ1n) is 12.5. The molecule has 4 heterocycles. The summed E-state index contributed by atoms with van der Waals surface area (Å²) >= 11 is 0. The Morgan fingerprint density at radius 3 is 2.78 bits per heavy atom. The number of nitrogens with one attached hydrogen (secondary N) is 3. The molecule has 5 rings (SSSR count). The van der Waals surface area contributed by atoms with Gasteiger partial charge in [0.15, 0.2) is 0 Å². The van der Waals surface area contributed by atoms with Crippen LogP contribution in [0.15, 0.2) is 12.1 Å². The molecule has 3 aliphatic rings. The Morgan fingerprint density at radius 2 is 2.05 bits per heavy atom. The third-order valence-corrected chi connectivity index (χ3v) is 7.30. The lowest BCUT2D eigenvalue weighted by Crippen LogP contribution is -2.44. The van der Waals surface area contributed by atoms with Crippen molar-refractivity contribution in [2.24, 2.45) is 0 Å². The normalized spacial score (nSPS) is 22.0. The third kappa shape index (κ3) is 5.05. The van der Waals surface area contributed by atoms with Crippen molar-refractivity contribution in [1.29, 1.82) is 0 Å². The summed E-state index contributed by atoms with van der Waals surface area (Å²) in [5.41, 5.74) is 4.17. The van der Waals surface area contributed by atoms with Gasteiger partial charge in [0.25, 0.3) is 11.8 Å². The molecule has 0 aliphatic carbocycles. The van der Waals surface area contributed by atoms with Crippen molar-refractivity contribution in [3.63, 3.8) is 0 Å². The van der Waals surface area contributed by atoms with Crippen LogP contribution in [-0.2, 0) is 20.7 Å². The van der Waals surface area contributed by atoms with Gasteiger partial charge in [-0.2, -0.15) is 0 Å². The van der Waals surface area contributed by atoms with Crippen molar-refractivity contribution in [3.8, 4) is 0 Å². The Labute approximate surface area is 214 Å². The predicted octanol–water partition coefficient (Wildman–Crippen LogP) is 1.46. The van der Waals surface area contributed by atoms with Crippen LogP contribution >= 0.6 is 0 Å². The van der Waals surface area contributed by atoms with Gasteiger partial charge in [0.2, 0.25) is 0 Å². The smallest absolute Gasteiger partial charge is 0.256 e. The number of aromatic amines is 1. The summed E-state index contributed by atoms with van der Waals surface area (Å²) in [5, 5.41) is 25.6. The fourth-order valence-electron chi connectivity index (χ4n) is 5.11. The number of H-pyrrole nitrogens is 1. The Morgan fingerprint density at radius 1 is 1.30 bits per heavy atom. The Kier molecular flexibility index (Phi) is 7.15. The van der Waals surface area contributed by atoms with Gasteiger partial charge in [-0.25, -0.2) is 4.39 Å². The fourth-order valence-corrected chi connectivity index (χ4v) is 5.11. The van der Waals surface area contributed by atoms with Crippen LogP contribution in [0.1, 0.15) is 41.2 Å². The minimum absolute atomic E-state index is 0.127. The van der Waals surface area contributed by atoms with E-state index in [-0.39, 0.29) is 11.3 Å². The second-order valence-electron chi connectivity index (χ2n) is 9.72. The molecule has 0 saturated carbocycles. The predicted molar refractivity (Wildman–Crippen MR) is 136 cm³/mol. The molecule has 37 heavy (non-hydrogen) atoms. The van der Waals surface area contributed by atoms with E-state index in [2.05, 4.69) is 25.4 Å². The summed E-state index contributed by atoms with van der Waals surface area (Å²) in [5.74, 6) is -1.86. The number of amides is 2. The number of halogens is 1. The Hall–Kier alpha value is -3.09. The maximum Gasteiger partial charge on any atom is 0.256 e. The summed E-state index contributed by atoms with van der Waals surface area (Å²) in [7, 11) is 0. The molecule has 1 aromatic heterocycles. The van der Waals surface area contributed by atoms with Gasteiger partial charge in [-0.3, -0.25) is 19.4 Å². The van der Waals surface area contributed by atoms with Crippen LogP contribution in [0.3, 0.4) is 0 Å². The minimum Gasteiger partial charge on any atom is -0.384 e. The molecule has 0 spiro atoms. The number of ether oxygens (including phenoxy) is 1. The van der Waals surface area contributed by atoms with Crippen LogP contribution in [-0.4, -0.2) is 88.9 Å². The third-order valence-electron chi connectivity index (χ3n) is 7.30. The standard InChI is InChI=1S/C26H32FN5O5/c1-14-20(28-19-3-4-32(26(36)23(14)19)6-5-31-7-9-37-10-8-31)12-17-16-11-18(27)22(30-24(34)15(2)33)13-21(16)29-25(17)35/h11-13,15,26,28,33,36H,3-10H2,1-2H3,(H,29,35)(H,30,34)/b17-12-/t15-,26?/m0/s1. The van der Waals surface area contributed by atoms with Crippen LogP contribution in [0.2, 0.25) is 0 Å². The van der Waals surface area contributed by atoms with Gasteiger partial charge in [0.1, 0.15) is 18.1 Å². The molecule has 1 saturated heterocycles. The maximum absolute atomic E-state index is 14.8. The van der Waals surface area contributed by atoms with Crippen LogP contribution in [0.25, 0.3) is 11.6 Å². The summed E-state index contributed by atoms with van der Waals surface area (Å²) in [6, 6.07) is 2.53. The first-order valence-corrected chi connectivity index (χ1v) is 12.5. The monoisotopic (exact) mass is 513 g/mol. The van der Waals surface area contributed by atoms with Crippen LogP contribution in [0.5, 0.6) is 0 Å². The maximum atomic E-state index is 14.8. The van der Waals surface area contributed by atoms with E-state index in [9.17, 15) is 24.2 Å². The second kappa shape index (κ2) is 10.3. The molecule has 10 nitrogen and oxygen atoms in total. The molecule has 198 valence electrons. The topological polar surface area (TPSA) is 130 Å². The lowest BCUT2D eigenvalue weighted by atomic mass is 10.00. The van der Waals surface area contributed by atoms with Gasteiger partial charge in [-0.05, 0) is 37.6 Å². The van der Waals surface area contributed by atoms with E-state index >= 15 is 0 Å². The molecule has 2 aromatic rings. The van der Waals surface area contributed by atoms with Crippen molar-refractivity contribution >= 4 is 34.8 Å². The number of morpholine rings is 1. The minimum atomic E-state index is -1.30. The zero-order valence-electron chi connectivity index (χ0n) is 20.9. The Balaban J connectivity index is 1.37. The van der Waals surface area contributed by atoms with Gasteiger partial charge >= 0.3 is 0 Å². The zero-order chi connectivity index (χ0) is 26.3. The van der Waals surface area contributed by atoms with Crippen molar-refractivity contribution in [3.05, 3.63) is 46.0 Å². The first kappa shape index (κ1) is 25.6. The van der Waals surface area contributed by atoms with Crippen LogP contribution < -0.4 is 10.6 Å². The summed E-state index contributed by atoms with van der Waals surface area (Å²) in [6.07, 6.45) is 0.358. The van der Waals surface area contributed by atoms with Crippen molar-refractivity contribution in [2.75, 3.05) is 56.6 Å². The average molecular weight is 514 g/mol. The number of benzene rings is 1. The van der Waals surface area contributed by atoms with E-state index in [0.29, 0.717) is 23.5 Å². The molecule has 1 aromatic carbocycles. The molecule has 5 N–H and O–H groups in total. The number of carbonyl (C=O) groups excluding carboxylic acids is 2. The number of rotatable bonds is 6. The number of hydrogen-bond acceptors (Lipinski definition) is 7. The molecular formula is C26H32FN5O5.